The first-order valence-corrected chi connectivity index (χ1v) is 5.44. The van der Waals surface area contributed by atoms with Crippen LogP contribution in [0.1, 0.15) is 15.9 Å². The molecule has 2 aromatic rings. The Labute approximate surface area is 108 Å². The first kappa shape index (κ1) is 13.0. The lowest BCUT2D eigenvalue weighted by molar-refractivity contribution is 0.0696. The van der Waals surface area contributed by atoms with Crippen molar-refractivity contribution in [2.45, 2.75) is 6.92 Å². The van der Waals surface area contributed by atoms with Crippen LogP contribution in [-0.2, 0) is 0 Å². The van der Waals surface area contributed by atoms with Crippen LogP contribution in [0.15, 0.2) is 36.4 Å². The molecule has 0 spiro atoms. The quantitative estimate of drug-likeness (QED) is 0.918. The molecule has 0 amide bonds. The fraction of sp³-hybridized carbons (Fsp3) is 0.0714. The summed E-state index contributed by atoms with van der Waals surface area (Å²) >= 11 is 0. The van der Waals surface area contributed by atoms with Gasteiger partial charge in [-0.05, 0) is 48.9 Å². The Hall–Kier alpha value is -2.43. The van der Waals surface area contributed by atoms with E-state index in [2.05, 4.69) is 0 Å². The largest absolute Gasteiger partial charge is 0.478 e. The molecule has 3 nitrogen and oxygen atoms in total. The van der Waals surface area contributed by atoms with E-state index in [4.69, 9.17) is 9.84 Å². The van der Waals surface area contributed by atoms with Crippen molar-refractivity contribution in [2.75, 3.05) is 0 Å². The molecular weight excluding hydrogens is 254 g/mol. The van der Waals surface area contributed by atoms with Crippen LogP contribution in [0.3, 0.4) is 0 Å². The van der Waals surface area contributed by atoms with Gasteiger partial charge < -0.3 is 9.84 Å². The first-order valence-electron chi connectivity index (χ1n) is 5.44. The number of halogens is 2. The predicted molar refractivity (Wildman–Crippen MR) is 64.6 cm³/mol. The molecular formula is C14H10F2O3. The van der Waals surface area contributed by atoms with Crippen LogP contribution in [0.4, 0.5) is 8.78 Å². The lowest BCUT2D eigenvalue weighted by Crippen LogP contribution is -1.98. The van der Waals surface area contributed by atoms with Gasteiger partial charge in [0.2, 0.25) is 0 Å². The van der Waals surface area contributed by atoms with E-state index in [1.165, 1.54) is 30.3 Å². The second kappa shape index (κ2) is 5.06. The van der Waals surface area contributed by atoms with Gasteiger partial charge in [-0.15, -0.1) is 0 Å². The first-order chi connectivity index (χ1) is 8.97. The van der Waals surface area contributed by atoms with Crippen molar-refractivity contribution in [3.05, 3.63) is 59.2 Å². The van der Waals surface area contributed by atoms with Crippen LogP contribution in [0, 0.1) is 18.6 Å². The highest BCUT2D eigenvalue weighted by Crippen LogP contribution is 2.26. The highest BCUT2D eigenvalue weighted by atomic mass is 19.1. The lowest BCUT2D eigenvalue weighted by atomic mass is 10.2. The summed E-state index contributed by atoms with van der Waals surface area (Å²) in [5, 5.41) is 8.71. The Morgan fingerprint density at radius 3 is 2.42 bits per heavy atom. The van der Waals surface area contributed by atoms with E-state index in [1.54, 1.807) is 6.92 Å². The molecule has 19 heavy (non-hydrogen) atoms. The molecule has 2 aromatic carbocycles. The number of carboxylic acids is 1. The summed E-state index contributed by atoms with van der Waals surface area (Å²) in [6.45, 7) is 1.56. The van der Waals surface area contributed by atoms with Crippen molar-refractivity contribution >= 4 is 5.97 Å². The standard InChI is InChI=1S/C14H10F2O3/c1-8-6-10(3-4-11(8)15)19-13-5-2-9(14(17)18)7-12(13)16/h2-7H,1H3,(H,17,18). The van der Waals surface area contributed by atoms with Gasteiger partial charge in [0.05, 0.1) is 5.56 Å². The van der Waals surface area contributed by atoms with E-state index in [-0.39, 0.29) is 22.9 Å². The average molecular weight is 264 g/mol. The zero-order chi connectivity index (χ0) is 14.0. The SMILES string of the molecule is Cc1cc(Oc2ccc(C(=O)O)cc2F)ccc1F. The Morgan fingerprint density at radius 2 is 1.84 bits per heavy atom. The van der Waals surface area contributed by atoms with Crippen LogP contribution in [-0.4, -0.2) is 11.1 Å². The fourth-order valence-electron chi connectivity index (χ4n) is 1.52. The molecule has 0 saturated carbocycles. The van der Waals surface area contributed by atoms with Gasteiger partial charge in [0.1, 0.15) is 11.6 Å². The minimum Gasteiger partial charge on any atom is -0.478 e. The predicted octanol–water partition coefficient (Wildman–Crippen LogP) is 3.76. The van der Waals surface area contributed by atoms with Gasteiger partial charge >= 0.3 is 5.97 Å². The Balaban J connectivity index is 2.28. The van der Waals surface area contributed by atoms with Gasteiger partial charge in [-0.1, -0.05) is 0 Å². The number of carboxylic acid groups (broad SMARTS) is 1. The molecule has 1 N–H and O–H groups in total. The number of ether oxygens (including phenoxy) is 1. The van der Waals surface area contributed by atoms with E-state index in [1.807, 2.05) is 0 Å². The summed E-state index contributed by atoms with van der Waals surface area (Å²) in [5.74, 6) is -2.23. The van der Waals surface area contributed by atoms with Crippen molar-refractivity contribution in [3.8, 4) is 11.5 Å². The molecule has 2 rings (SSSR count). The number of aryl methyl sites for hydroxylation is 1. The van der Waals surface area contributed by atoms with E-state index in [0.717, 1.165) is 6.07 Å². The molecule has 0 fully saturated rings. The highest BCUT2D eigenvalue weighted by Gasteiger charge is 2.10. The topological polar surface area (TPSA) is 46.5 Å². The minimum atomic E-state index is -1.22. The van der Waals surface area contributed by atoms with Crippen molar-refractivity contribution in [1.82, 2.24) is 0 Å². The van der Waals surface area contributed by atoms with Crippen LogP contribution >= 0.6 is 0 Å². The van der Waals surface area contributed by atoms with Crippen molar-refractivity contribution < 1.29 is 23.4 Å². The van der Waals surface area contributed by atoms with Gasteiger partial charge in [0, 0.05) is 0 Å². The molecule has 98 valence electrons. The van der Waals surface area contributed by atoms with Gasteiger partial charge in [-0.25, -0.2) is 13.6 Å². The second-order valence-corrected chi connectivity index (χ2v) is 3.96. The molecule has 0 saturated heterocycles. The van der Waals surface area contributed by atoms with Gasteiger partial charge in [0.25, 0.3) is 0 Å². The highest BCUT2D eigenvalue weighted by molar-refractivity contribution is 5.87. The molecule has 0 aliphatic rings. The third-order valence-electron chi connectivity index (χ3n) is 2.54. The van der Waals surface area contributed by atoms with E-state index < -0.39 is 11.8 Å². The Bertz CT molecular complexity index is 639. The van der Waals surface area contributed by atoms with Crippen LogP contribution < -0.4 is 4.74 Å². The van der Waals surface area contributed by atoms with Gasteiger partial charge in [0.15, 0.2) is 11.6 Å². The summed E-state index contributed by atoms with van der Waals surface area (Å²) in [6.07, 6.45) is 0. The van der Waals surface area contributed by atoms with Crippen molar-refractivity contribution in [3.63, 3.8) is 0 Å². The second-order valence-electron chi connectivity index (χ2n) is 3.96. The number of carbonyl (C=O) groups is 1. The number of aromatic carboxylic acids is 1. The number of hydrogen-bond acceptors (Lipinski definition) is 2. The van der Waals surface area contributed by atoms with E-state index >= 15 is 0 Å². The molecule has 5 heteroatoms. The normalized spacial score (nSPS) is 10.3. The van der Waals surface area contributed by atoms with Gasteiger partial charge in [-0.3, -0.25) is 0 Å². The van der Waals surface area contributed by atoms with Gasteiger partial charge in [-0.2, -0.15) is 0 Å². The molecule has 0 atom stereocenters. The summed E-state index contributed by atoms with van der Waals surface area (Å²) in [7, 11) is 0. The molecule has 0 aliphatic heterocycles. The Kier molecular flexibility index (Phi) is 3.46. The van der Waals surface area contributed by atoms with Crippen LogP contribution in [0.25, 0.3) is 0 Å². The third-order valence-corrected chi connectivity index (χ3v) is 2.54. The third kappa shape index (κ3) is 2.88. The molecule has 0 aromatic heterocycles. The fourth-order valence-corrected chi connectivity index (χ4v) is 1.52. The number of benzene rings is 2. The summed E-state index contributed by atoms with van der Waals surface area (Å²) in [6, 6.07) is 7.34. The summed E-state index contributed by atoms with van der Waals surface area (Å²) in [5.41, 5.74) is 0.209. The van der Waals surface area contributed by atoms with E-state index in [9.17, 15) is 13.6 Å². The maximum atomic E-state index is 13.6. The maximum Gasteiger partial charge on any atom is 0.335 e. The zero-order valence-electron chi connectivity index (χ0n) is 9.98. The maximum absolute atomic E-state index is 13.6. The molecule has 0 bridgehead atoms. The van der Waals surface area contributed by atoms with Crippen molar-refractivity contribution in [1.29, 1.82) is 0 Å². The molecule has 0 radical (unpaired) electrons. The van der Waals surface area contributed by atoms with Crippen molar-refractivity contribution in [2.24, 2.45) is 0 Å². The Morgan fingerprint density at radius 1 is 1.11 bits per heavy atom. The monoisotopic (exact) mass is 264 g/mol. The minimum absolute atomic E-state index is 0.115. The van der Waals surface area contributed by atoms with E-state index in [0.29, 0.717) is 5.56 Å². The zero-order valence-corrected chi connectivity index (χ0v) is 9.98. The molecule has 0 unspecified atom stereocenters. The number of rotatable bonds is 3. The molecule has 0 heterocycles. The molecule has 0 aliphatic carbocycles. The van der Waals surface area contributed by atoms with Crippen LogP contribution in [0.5, 0.6) is 11.5 Å². The number of hydrogen-bond donors (Lipinski definition) is 1. The lowest BCUT2D eigenvalue weighted by Gasteiger charge is -2.08. The average Bonchev–Trinajstić information content (AvgIpc) is 2.36. The summed E-state index contributed by atoms with van der Waals surface area (Å²) in [4.78, 5) is 10.7. The summed E-state index contributed by atoms with van der Waals surface area (Å²) < 4.78 is 31.9. The smallest absolute Gasteiger partial charge is 0.335 e. The van der Waals surface area contributed by atoms with Crippen LogP contribution in [0.2, 0.25) is 0 Å².